The monoisotopic (exact) mass is 461 g/mol. The van der Waals surface area contributed by atoms with Crippen molar-refractivity contribution in [3.8, 4) is 16.9 Å². The summed E-state index contributed by atoms with van der Waals surface area (Å²) in [4.78, 5) is 16.4. The van der Waals surface area contributed by atoms with Crippen molar-refractivity contribution in [3.63, 3.8) is 0 Å². The lowest BCUT2D eigenvalue weighted by Gasteiger charge is -2.25. The van der Waals surface area contributed by atoms with Crippen LogP contribution in [0.3, 0.4) is 0 Å². The number of rotatable bonds is 11. The first-order valence-corrected chi connectivity index (χ1v) is 11.6. The molecule has 0 spiro atoms. The SMILES string of the molecule is O=C(O)Cc1cccc(OCCO/N=C(\CC2CCC2)c2ccc(-c3ccccc3)cc2)c1F. The number of hydrogen-bond acceptors (Lipinski definition) is 4. The average Bonchev–Trinajstić information content (AvgIpc) is 2.82. The molecule has 176 valence electrons. The quantitative estimate of drug-likeness (QED) is 0.213. The Bertz CT molecular complexity index is 1120. The van der Waals surface area contributed by atoms with E-state index < -0.39 is 18.2 Å². The highest BCUT2D eigenvalue weighted by Crippen LogP contribution is 2.31. The van der Waals surface area contributed by atoms with Crippen molar-refractivity contribution in [1.29, 1.82) is 0 Å². The van der Waals surface area contributed by atoms with Crippen molar-refractivity contribution < 1.29 is 23.9 Å². The number of aliphatic carboxylic acids is 1. The van der Waals surface area contributed by atoms with Gasteiger partial charge < -0.3 is 14.7 Å². The van der Waals surface area contributed by atoms with Crippen molar-refractivity contribution in [1.82, 2.24) is 0 Å². The fraction of sp³-hybridized carbons (Fsp3) is 0.286. The highest BCUT2D eigenvalue weighted by molar-refractivity contribution is 6.00. The molecule has 6 heteroatoms. The molecule has 0 saturated heterocycles. The van der Waals surface area contributed by atoms with Gasteiger partial charge in [-0.05, 0) is 35.1 Å². The number of nitrogens with zero attached hydrogens (tertiary/aromatic N) is 1. The molecule has 0 atom stereocenters. The van der Waals surface area contributed by atoms with Crippen molar-refractivity contribution in [3.05, 3.63) is 89.7 Å². The van der Waals surface area contributed by atoms with Gasteiger partial charge in [0.25, 0.3) is 0 Å². The minimum atomic E-state index is -1.09. The second-order valence-electron chi connectivity index (χ2n) is 8.46. The number of benzene rings is 3. The van der Waals surface area contributed by atoms with Gasteiger partial charge in [-0.3, -0.25) is 4.79 Å². The largest absolute Gasteiger partial charge is 0.487 e. The maximum absolute atomic E-state index is 14.4. The molecule has 0 heterocycles. The molecule has 3 aromatic rings. The van der Waals surface area contributed by atoms with E-state index in [-0.39, 0.29) is 24.5 Å². The first-order chi connectivity index (χ1) is 16.6. The summed E-state index contributed by atoms with van der Waals surface area (Å²) >= 11 is 0. The molecule has 0 radical (unpaired) electrons. The number of oxime groups is 1. The van der Waals surface area contributed by atoms with Gasteiger partial charge in [0.15, 0.2) is 18.2 Å². The zero-order valence-corrected chi connectivity index (χ0v) is 19.0. The van der Waals surface area contributed by atoms with Gasteiger partial charge in [0.1, 0.15) is 6.61 Å². The maximum Gasteiger partial charge on any atom is 0.307 e. The Balaban J connectivity index is 1.37. The summed E-state index contributed by atoms with van der Waals surface area (Å²) in [5.74, 6) is -1.11. The molecule has 0 bridgehead atoms. The van der Waals surface area contributed by atoms with Gasteiger partial charge in [-0.2, -0.15) is 0 Å². The lowest BCUT2D eigenvalue weighted by atomic mass is 9.80. The predicted octanol–water partition coefficient (Wildman–Crippen LogP) is 6.11. The van der Waals surface area contributed by atoms with Gasteiger partial charge in [-0.25, -0.2) is 4.39 Å². The molecular formula is C28H28FNO4. The van der Waals surface area contributed by atoms with Crippen LogP contribution in [0.1, 0.15) is 36.8 Å². The summed E-state index contributed by atoms with van der Waals surface area (Å²) in [7, 11) is 0. The van der Waals surface area contributed by atoms with Crippen molar-refractivity contribution in [2.45, 2.75) is 32.1 Å². The summed E-state index contributed by atoms with van der Waals surface area (Å²) in [6, 6.07) is 23.0. The summed E-state index contributed by atoms with van der Waals surface area (Å²) in [6.45, 7) is 0.249. The lowest BCUT2D eigenvalue weighted by molar-refractivity contribution is -0.136. The van der Waals surface area contributed by atoms with Crippen LogP contribution in [0.15, 0.2) is 78.0 Å². The molecule has 0 aliphatic heterocycles. The average molecular weight is 462 g/mol. The van der Waals surface area contributed by atoms with Gasteiger partial charge in [0.2, 0.25) is 0 Å². The smallest absolute Gasteiger partial charge is 0.307 e. The molecule has 5 nitrogen and oxygen atoms in total. The van der Waals surface area contributed by atoms with Crippen LogP contribution in [0.25, 0.3) is 11.1 Å². The molecule has 0 aromatic heterocycles. The number of ether oxygens (including phenoxy) is 1. The van der Waals surface area contributed by atoms with E-state index in [4.69, 9.17) is 14.7 Å². The van der Waals surface area contributed by atoms with Crippen LogP contribution < -0.4 is 4.74 Å². The molecule has 1 aliphatic rings. The molecule has 34 heavy (non-hydrogen) atoms. The van der Waals surface area contributed by atoms with Crippen LogP contribution in [0.4, 0.5) is 4.39 Å². The minimum Gasteiger partial charge on any atom is -0.487 e. The fourth-order valence-electron chi connectivity index (χ4n) is 3.94. The van der Waals surface area contributed by atoms with Gasteiger partial charge >= 0.3 is 5.97 Å². The number of hydrogen-bond donors (Lipinski definition) is 1. The standard InChI is InChI=1S/C28H28FNO4/c29-28-24(19-27(31)32)10-5-11-26(28)33-16-17-34-30-25(18-20-6-4-7-20)23-14-12-22(13-15-23)21-8-2-1-3-9-21/h1-3,5,8-15,20H,4,6-7,16-19H2,(H,31,32)/b30-25+. The number of carboxylic acid groups (broad SMARTS) is 1. The number of carbonyl (C=O) groups is 1. The summed E-state index contributed by atoms with van der Waals surface area (Å²) in [5, 5.41) is 13.3. The van der Waals surface area contributed by atoms with Crippen LogP contribution in [-0.4, -0.2) is 30.0 Å². The van der Waals surface area contributed by atoms with Gasteiger partial charge in [-0.1, -0.05) is 91.1 Å². The fourth-order valence-corrected chi connectivity index (χ4v) is 3.94. The Morgan fingerprint density at radius 1 is 0.941 bits per heavy atom. The number of halogens is 1. The molecule has 1 fully saturated rings. The molecule has 3 aromatic carbocycles. The zero-order chi connectivity index (χ0) is 23.8. The highest BCUT2D eigenvalue weighted by atomic mass is 19.1. The Labute approximate surface area is 198 Å². The van der Waals surface area contributed by atoms with Crippen LogP contribution in [0, 0.1) is 11.7 Å². The predicted molar refractivity (Wildman–Crippen MR) is 130 cm³/mol. The second kappa shape index (κ2) is 11.5. The first kappa shape index (κ1) is 23.5. The maximum atomic E-state index is 14.4. The molecule has 1 N–H and O–H groups in total. The van der Waals surface area contributed by atoms with Gasteiger partial charge in [0.05, 0.1) is 12.1 Å². The first-order valence-electron chi connectivity index (χ1n) is 11.6. The Kier molecular flexibility index (Phi) is 7.91. The topological polar surface area (TPSA) is 68.1 Å². The van der Waals surface area contributed by atoms with Crippen molar-refractivity contribution in [2.75, 3.05) is 13.2 Å². The van der Waals surface area contributed by atoms with Crippen LogP contribution in [0.5, 0.6) is 5.75 Å². The highest BCUT2D eigenvalue weighted by Gasteiger charge is 2.21. The van der Waals surface area contributed by atoms with E-state index in [1.807, 2.05) is 18.2 Å². The third-order valence-corrected chi connectivity index (χ3v) is 6.02. The Morgan fingerprint density at radius 2 is 1.68 bits per heavy atom. The molecular weight excluding hydrogens is 433 g/mol. The third-order valence-electron chi connectivity index (χ3n) is 6.02. The van der Waals surface area contributed by atoms with E-state index in [1.165, 1.54) is 37.0 Å². The molecule has 1 saturated carbocycles. The van der Waals surface area contributed by atoms with E-state index in [0.29, 0.717) is 5.92 Å². The van der Waals surface area contributed by atoms with Crippen molar-refractivity contribution in [2.24, 2.45) is 11.1 Å². The summed E-state index contributed by atoms with van der Waals surface area (Å²) in [6.07, 6.45) is 4.13. The second-order valence-corrected chi connectivity index (χ2v) is 8.46. The van der Waals surface area contributed by atoms with Gasteiger partial charge in [0, 0.05) is 5.56 Å². The van der Waals surface area contributed by atoms with E-state index in [9.17, 15) is 9.18 Å². The Hall–Kier alpha value is -3.67. The molecule has 1 aliphatic carbocycles. The van der Waals surface area contributed by atoms with E-state index in [2.05, 4.69) is 41.6 Å². The summed E-state index contributed by atoms with van der Waals surface area (Å²) in [5.41, 5.74) is 4.33. The van der Waals surface area contributed by atoms with Crippen LogP contribution in [-0.2, 0) is 16.1 Å². The summed E-state index contributed by atoms with van der Waals surface area (Å²) < 4.78 is 19.8. The van der Waals surface area contributed by atoms with Crippen molar-refractivity contribution >= 4 is 11.7 Å². The van der Waals surface area contributed by atoms with Crippen LogP contribution in [0.2, 0.25) is 0 Å². The van der Waals surface area contributed by atoms with E-state index >= 15 is 0 Å². The third kappa shape index (κ3) is 6.22. The van der Waals surface area contributed by atoms with E-state index in [1.54, 1.807) is 6.07 Å². The lowest BCUT2D eigenvalue weighted by Crippen LogP contribution is -2.17. The molecule has 0 unspecified atom stereocenters. The molecule has 0 amide bonds. The van der Waals surface area contributed by atoms with Gasteiger partial charge in [-0.15, -0.1) is 0 Å². The Morgan fingerprint density at radius 3 is 2.35 bits per heavy atom. The zero-order valence-electron chi connectivity index (χ0n) is 19.0. The normalized spacial score (nSPS) is 13.9. The minimum absolute atomic E-state index is 0.0116. The van der Waals surface area contributed by atoms with Crippen LogP contribution >= 0.6 is 0 Å². The number of carboxylic acids is 1. The molecule has 4 rings (SSSR count). The van der Waals surface area contributed by atoms with E-state index in [0.717, 1.165) is 23.3 Å².